The zero-order valence-electron chi connectivity index (χ0n) is 17.1. The number of benzene rings is 1. The molecule has 0 aliphatic heterocycles. The molecule has 1 aromatic rings. The number of ether oxygens (including phenoxy) is 1. The maximum Gasteiger partial charge on any atom is 0.303 e. The van der Waals surface area contributed by atoms with E-state index in [0.717, 1.165) is 19.3 Å². The van der Waals surface area contributed by atoms with E-state index in [1.165, 1.54) is 36.5 Å². The van der Waals surface area contributed by atoms with Crippen molar-refractivity contribution in [1.82, 2.24) is 0 Å². The summed E-state index contributed by atoms with van der Waals surface area (Å²) in [4.78, 5) is 11.7. The first-order chi connectivity index (χ1) is 12.2. The molecule has 0 spiro atoms. The van der Waals surface area contributed by atoms with E-state index in [9.17, 15) is 4.79 Å². The number of hydrogen-bond donors (Lipinski definition) is 0. The second-order valence-electron chi connectivity index (χ2n) is 9.21. The van der Waals surface area contributed by atoms with Gasteiger partial charge in [0.1, 0.15) is 6.10 Å². The van der Waals surface area contributed by atoms with Crippen LogP contribution in [0.2, 0.25) is 0 Å². The summed E-state index contributed by atoms with van der Waals surface area (Å²) in [5, 5.41) is 0. The molecule has 1 unspecified atom stereocenters. The molecule has 1 saturated carbocycles. The molecule has 0 heterocycles. The Hall–Kier alpha value is -1.57. The summed E-state index contributed by atoms with van der Waals surface area (Å²) in [5.41, 5.74) is 4.59. The molecule has 2 aliphatic rings. The Morgan fingerprint density at radius 1 is 1.31 bits per heavy atom. The van der Waals surface area contributed by atoms with Gasteiger partial charge < -0.3 is 4.74 Å². The topological polar surface area (TPSA) is 26.3 Å². The average Bonchev–Trinajstić information content (AvgIpc) is 2.58. The van der Waals surface area contributed by atoms with E-state index >= 15 is 0 Å². The molecule has 2 aliphatic carbocycles. The summed E-state index contributed by atoms with van der Waals surface area (Å²) in [7, 11) is 0. The predicted molar refractivity (Wildman–Crippen MR) is 107 cm³/mol. The molecule has 0 N–H and O–H groups in total. The number of carbonyl (C=O) groups excluding carboxylic acids is 1. The summed E-state index contributed by atoms with van der Waals surface area (Å²) < 4.78 is 5.72. The van der Waals surface area contributed by atoms with Gasteiger partial charge in [-0.3, -0.25) is 4.79 Å². The Labute approximate surface area is 159 Å². The van der Waals surface area contributed by atoms with Crippen LogP contribution in [0.3, 0.4) is 0 Å². The van der Waals surface area contributed by atoms with E-state index in [-0.39, 0.29) is 22.9 Å². The third kappa shape index (κ3) is 3.02. The van der Waals surface area contributed by atoms with Crippen LogP contribution in [0.5, 0.6) is 0 Å². The second kappa shape index (κ2) is 6.87. The zero-order chi connectivity index (χ0) is 19.1. The van der Waals surface area contributed by atoms with Crippen LogP contribution >= 0.6 is 0 Å². The minimum Gasteiger partial charge on any atom is -0.458 e. The highest BCUT2D eigenvalue weighted by atomic mass is 16.5. The molecule has 0 radical (unpaired) electrons. The van der Waals surface area contributed by atoms with Crippen molar-refractivity contribution in [3.63, 3.8) is 0 Å². The van der Waals surface area contributed by atoms with Crippen LogP contribution < -0.4 is 0 Å². The molecule has 0 amide bonds. The molecule has 4 atom stereocenters. The molecule has 1 fully saturated rings. The van der Waals surface area contributed by atoms with Crippen LogP contribution in [-0.2, 0) is 21.4 Å². The normalized spacial score (nSPS) is 31.7. The molecule has 1 aromatic carbocycles. The van der Waals surface area contributed by atoms with Crippen molar-refractivity contribution in [1.29, 1.82) is 0 Å². The maximum atomic E-state index is 11.7. The molecule has 0 saturated heterocycles. The van der Waals surface area contributed by atoms with Gasteiger partial charge in [-0.1, -0.05) is 65.0 Å². The molecule has 2 nitrogen and oxygen atoms in total. The van der Waals surface area contributed by atoms with Crippen LogP contribution in [-0.4, -0.2) is 12.1 Å². The van der Waals surface area contributed by atoms with Crippen LogP contribution in [0.4, 0.5) is 0 Å². The van der Waals surface area contributed by atoms with Gasteiger partial charge in [-0.05, 0) is 59.6 Å². The number of hydrogen-bond acceptors (Lipinski definition) is 2. The Balaban J connectivity index is 2.02. The Bertz CT molecular complexity index is 704. The van der Waals surface area contributed by atoms with E-state index in [2.05, 4.69) is 52.5 Å². The highest BCUT2D eigenvalue weighted by molar-refractivity contribution is 5.66. The van der Waals surface area contributed by atoms with Gasteiger partial charge in [0.15, 0.2) is 0 Å². The maximum absolute atomic E-state index is 11.7. The summed E-state index contributed by atoms with van der Waals surface area (Å²) in [6.45, 7) is 14.8. The van der Waals surface area contributed by atoms with Crippen molar-refractivity contribution in [2.24, 2.45) is 11.3 Å². The van der Waals surface area contributed by atoms with Crippen molar-refractivity contribution in [3.05, 3.63) is 47.5 Å². The van der Waals surface area contributed by atoms with Crippen LogP contribution in [0.1, 0.15) is 82.9 Å². The third-order valence-electron chi connectivity index (χ3n) is 7.25. The van der Waals surface area contributed by atoms with Crippen molar-refractivity contribution in [2.45, 2.75) is 84.2 Å². The first-order valence-corrected chi connectivity index (χ1v) is 10.2. The summed E-state index contributed by atoms with van der Waals surface area (Å²) >= 11 is 0. The van der Waals surface area contributed by atoms with Crippen molar-refractivity contribution in [2.75, 3.05) is 0 Å². The van der Waals surface area contributed by atoms with E-state index < -0.39 is 0 Å². The van der Waals surface area contributed by atoms with Crippen LogP contribution in [0.25, 0.3) is 0 Å². The molecule has 0 aromatic heterocycles. The van der Waals surface area contributed by atoms with Crippen LogP contribution in [0, 0.1) is 11.3 Å². The first kappa shape index (κ1) is 19.2. The van der Waals surface area contributed by atoms with Crippen molar-refractivity contribution in [3.8, 4) is 0 Å². The van der Waals surface area contributed by atoms with Gasteiger partial charge in [0.25, 0.3) is 0 Å². The predicted octanol–water partition coefficient (Wildman–Crippen LogP) is 5.94. The van der Waals surface area contributed by atoms with E-state index in [1.54, 1.807) is 0 Å². The van der Waals surface area contributed by atoms with Gasteiger partial charge in [0, 0.05) is 12.3 Å². The third-order valence-corrected chi connectivity index (χ3v) is 7.25. The van der Waals surface area contributed by atoms with Gasteiger partial charge in [0.05, 0.1) is 0 Å². The van der Waals surface area contributed by atoms with Gasteiger partial charge in [-0.15, -0.1) is 0 Å². The SMILES string of the molecule is C=CC(OC(C)=O)[C@]1(C)CCC[C@]2(C)c3ccc(C(C)C)cc3CC[C@@H]12. The number of rotatable bonds is 4. The summed E-state index contributed by atoms with van der Waals surface area (Å²) in [6.07, 6.45) is 7.40. The van der Waals surface area contributed by atoms with Crippen molar-refractivity contribution < 1.29 is 9.53 Å². The molecule has 2 heteroatoms. The second-order valence-corrected chi connectivity index (χ2v) is 9.21. The molecular weight excluding hydrogens is 320 g/mol. The van der Waals surface area contributed by atoms with Gasteiger partial charge in [-0.25, -0.2) is 0 Å². The fourth-order valence-electron chi connectivity index (χ4n) is 5.89. The fourth-order valence-corrected chi connectivity index (χ4v) is 5.89. The van der Waals surface area contributed by atoms with Gasteiger partial charge in [-0.2, -0.15) is 0 Å². The lowest BCUT2D eigenvalue weighted by atomic mass is 9.48. The lowest BCUT2D eigenvalue weighted by Crippen LogP contribution is -2.54. The fraction of sp³-hybridized carbons (Fsp3) is 0.625. The molecule has 26 heavy (non-hydrogen) atoms. The first-order valence-electron chi connectivity index (χ1n) is 10.2. The Morgan fingerprint density at radius 2 is 2.04 bits per heavy atom. The largest absolute Gasteiger partial charge is 0.458 e. The van der Waals surface area contributed by atoms with E-state index in [0.29, 0.717) is 11.8 Å². The number of carbonyl (C=O) groups is 1. The highest BCUT2D eigenvalue weighted by Gasteiger charge is 2.54. The van der Waals surface area contributed by atoms with Crippen molar-refractivity contribution >= 4 is 5.97 Å². The Morgan fingerprint density at radius 3 is 2.65 bits per heavy atom. The standard InChI is InChI=1S/C24H34O2/c1-7-22(26-17(4)25)24(6)14-8-13-23(5)20-11-9-18(16(2)3)15-19(20)10-12-21(23)24/h7,9,11,15-16,21-22H,1,8,10,12-14H2,2-6H3/t21-,22?,23-,24-/m1/s1. The molecule has 142 valence electrons. The molecular formula is C24H34O2. The van der Waals surface area contributed by atoms with Gasteiger partial charge >= 0.3 is 5.97 Å². The molecule has 0 bridgehead atoms. The highest BCUT2D eigenvalue weighted by Crippen LogP contribution is 2.59. The number of esters is 1. The quantitative estimate of drug-likeness (QED) is 0.494. The number of aryl methyl sites for hydroxylation is 1. The minimum atomic E-state index is -0.207. The smallest absolute Gasteiger partial charge is 0.303 e. The molecule has 3 rings (SSSR count). The Kier molecular flexibility index (Phi) is 5.07. The van der Waals surface area contributed by atoms with E-state index in [1.807, 2.05) is 6.08 Å². The van der Waals surface area contributed by atoms with Crippen LogP contribution in [0.15, 0.2) is 30.9 Å². The zero-order valence-corrected chi connectivity index (χ0v) is 17.1. The minimum absolute atomic E-state index is 0.0468. The number of fused-ring (bicyclic) bond motifs is 3. The summed E-state index contributed by atoms with van der Waals surface area (Å²) in [5.74, 6) is 0.862. The lowest BCUT2D eigenvalue weighted by molar-refractivity contribution is -0.156. The lowest BCUT2D eigenvalue weighted by Gasteiger charge is -2.57. The van der Waals surface area contributed by atoms with E-state index in [4.69, 9.17) is 4.74 Å². The monoisotopic (exact) mass is 354 g/mol. The average molecular weight is 355 g/mol. The summed E-state index contributed by atoms with van der Waals surface area (Å²) in [6, 6.07) is 7.14. The van der Waals surface area contributed by atoms with Gasteiger partial charge in [0.2, 0.25) is 0 Å².